The van der Waals surface area contributed by atoms with E-state index in [1.54, 1.807) is 43.3 Å². The Hall–Kier alpha value is -4.59. The summed E-state index contributed by atoms with van der Waals surface area (Å²) in [5.41, 5.74) is 5.89. The van der Waals surface area contributed by atoms with Gasteiger partial charge in [0.2, 0.25) is 5.91 Å². The molecule has 0 radical (unpaired) electrons. The van der Waals surface area contributed by atoms with Gasteiger partial charge in [0.15, 0.2) is 0 Å². The lowest BCUT2D eigenvalue weighted by Crippen LogP contribution is -2.33. The van der Waals surface area contributed by atoms with Gasteiger partial charge in [-0.15, -0.1) is 0 Å². The van der Waals surface area contributed by atoms with Crippen molar-refractivity contribution < 1.29 is 19.1 Å². The second kappa shape index (κ2) is 11.0. The van der Waals surface area contributed by atoms with Crippen molar-refractivity contribution in [3.05, 3.63) is 89.1 Å². The van der Waals surface area contributed by atoms with Crippen LogP contribution in [0.1, 0.15) is 27.0 Å². The highest BCUT2D eigenvalue weighted by Gasteiger charge is 2.22. The second-order valence-corrected chi connectivity index (χ2v) is 8.74. The van der Waals surface area contributed by atoms with Crippen molar-refractivity contribution >= 4 is 17.5 Å². The molecule has 37 heavy (non-hydrogen) atoms. The zero-order chi connectivity index (χ0) is 26.5. The van der Waals surface area contributed by atoms with E-state index in [-0.39, 0.29) is 12.5 Å². The number of hydrogen-bond donors (Lipinski definition) is 2. The van der Waals surface area contributed by atoms with E-state index in [2.05, 4.69) is 10.6 Å². The molecule has 4 rings (SSSR count). The van der Waals surface area contributed by atoms with Crippen LogP contribution in [0.3, 0.4) is 0 Å². The standard InChI is InChI=1S/C29H30N4O4/c1-18-13-19(2)27(20(3)14-18)31-26(34)16-30-29(35)24-17-33(21-9-7-6-8-10-21)32-28(24)23-15-22(36-4)11-12-25(23)37-5/h6-15,17H,16H2,1-5H3,(H,30,35)(H,31,34). The zero-order valence-electron chi connectivity index (χ0n) is 21.6. The van der Waals surface area contributed by atoms with Crippen LogP contribution in [0.15, 0.2) is 66.9 Å². The Bertz CT molecular complexity index is 1420. The number of methoxy groups -OCH3 is 2. The lowest BCUT2D eigenvalue weighted by atomic mass is 10.1. The first-order chi connectivity index (χ1) is 17.8. The fourth-order valence-electron chi connectivity index (χ4n) is 4.27. The fraction of sp³-hybridized carbons (Fsp3) is 0.207. The number of benzene rings is 3. The minimum absolute atomic E-state index is 0.198. The van der Waals surface area contributed by atoms with Gasteiger partial charge in [-0.1, -0.05) is 35.9 Å². The van der Waals surface area contributed by atoms with Gasteiger partial charge in [0.1, 0.15) is 17.2 Å². The highest BCUT2D eigenvalue weighted by atomic mass is 16.5. The monoisotopic (exact) mass is 498 g/mol. The molecule has 1 aromatic heterocycles. The average molecular weight is 499 g/mol. The third-order valence-electron chi connectivity index (χ3n) is 5.99. The highest BCUT2D eigenvalue weighted by molar-refractivity contribution is 6.03. The van der Waals surface area contributed by atoms with Crippen LogP contribution < -0.4 is 20.1 Å². The molecule has 8 nitrogen and oxygen atoms in total. The molecule has 0 saturated heterocycles. The summed E-state index contributed by atoms with van der Waals surface area (Å²) in [4.78, 5) is 26.1. The van der Waals surface area contributed by atoms with Crippen LogP contribution in [-0.2, 0) is 4.79 Å². The number of ether oxygens (including phenoxy) is 2. The highest BCUT2D eigenvalue weighted by Crippen LogP contribution is 2.35. The summed E-state index contributed by atoms with van der Waals surface area (Å²) in [7, 11) is 3.12. The number of aryl methyl sites for hydroxylation is 3. The first-order valence-electron chi connectivity index (χ1n) is 11.8. The maximum Gasteiger partial charge on any atom is 0.255 e. The molecule has 2 amide bonds. The van der Waals surface area contributed by atoms with E-state index in [0.717, 1.165) is 28.1 Å². The Morgan fingerprint density at radius 1 is 0.919 bits per heavy atom. The fourth-order valence-corrected chi connectivity index (χ4v) is 4.27. The summed E-state index contributed by atoms with van der Waals surface area (Å²) in [5.74, 6) is 0.379. The van der Waals surface area contributed by atoms with Crippen LogP contribution in [0.25, 0.3) is 16.9 Å². The minimum Gasteiger partial charge on any atom is -0.497 e. The third-order valence-corrected chi connectivity index (χ3v) is 5.99. The number of hydrogen-bond acceptors (Lipinski definition) is 5. The Balaban J connectivity index is 1.63. The van der Waals surface area contributed by atoms with Gasteiger partial charge < -0.3 is 20.1 Å². The number of aromatic nitrogens is 2. The number of carbonyl (C=O) groups excluding carboxylic acids is 2. The Kier molecular flexibility index (Phi) is 7.57. The van der Waals surface area contributed by atoms with Gasteiger partial charge >= 0.3 is 0 Å². The van der Waals surface area contributed by atoms with Gasteiger partial charge in [-0.3, -0.25) is 9.59 Å². The molecule has 190 valence electrons. The van der Waals surface area contributed by atoms with E-state index in [1.807, 2.05) is 63.2 Å². The van der Waals surface area contributed by atoms with Gasteiger partial charge in [-0.25, -0.2) is 4.68 Å². The number of carbonyl (C=O) groups is 2. The summed E-state index contributed by atoms with van der Waals surface area (Å²) in [6, 6.07) is 18.8. The number of rotatable bonds is 8. The Morgan fingerprint density at radius 2 is 1.62 bits per heavy atom. The van der Waals surface area contributed by atoms with Crippen molar-refractivity contribution in [2.45, 2.75) is 20.8 Å². The molecular formula is C29H30N4O4. The molecule has 3 aromatic carbocycles. The number of para-hydroxylation sites is 1. The molecule has 0 aliphatic rings. The lowest BCUT2D eigenvalue weighted by Gasteiger charge is -2.13. The Labute approximate surface area is 216 Å². The van der Waals surface area contributed by atoms with Crippen LogP contribution in [0.5, 0.6) is 11.5 Å². The largest absolute Gasteiger partial charge is 0.497 e. The van der Waals surface area contributed by atoms with Crippen molar-refractivity contribution in [2.75, 3.05) is 26.1 Å². The molecule has 0 fully saturated rings. The topological polar surface area (TPSA) is 94.5 Å². The van der Waals surface area contributed by atoms with E-state index in [9.17, 15) is 9.59 Å². The van der Waals surface area contributed by atoms with Gasteiger partial charge in [0.05, 0.1) is 32.0 Å². The summed E-state index contributed by atoms with van der Waals surface area (Å²) in [6.45, 7) is 5.70. The van der Waals surface area contributed by atoms with Gasteiger partial charge in [-0.05, 0) is 62.2 Å². The SMILES string of the molecule is COc1ccc(OC)c(-c2nn(-c3ccccc3)cc2C(=O)NCC(=O)Nc2c(C)cc(C)cc2C)c1. The molecule has 0 saturated carbocycles. The summed E-state index contributed by atoms with van der Waals surface area (Å²) >= 11 is 0. The summed E-state index contributed by atoms with van der Waals surface area (Å²) < 4.78 is 12.6. The second-order valence-electron chi connectivity index (χ2n) is 8.74. The summed E-state index contributed by atoms with van der Waals surface area (Å²) in [6.07, 6.45) is 1.64. The number of nitrogens with zero attached hydrogens (tertiary/aromatic N) is 2. The molecule has 0 aliphatic heterocycles. The predicted octanol–water partition coefficient (Wildman–Crippen LogP) is 4.85. The van der Waals surface area contributed by atoms with Gasteiger partial charge in [0, 0.05) is 17.4 Å². The van der Waals surface area contributed by atoms with E-state index < -0.39 is 5.91 Å². The molecule has 0 atom stereocenters. The molecule has 4 aromatic rings. The molecule has 8 heteroatoms. The molecule has 1 heterocycles. The van der Waals surface area contributed by atoms with Crippen molar-refractivity contribution in [3.63, 3.8) is 0 Å². The van der Waals surface area contributed by atoms with Crippen LogP contribution in [-0.4, -0.2) is 42.4 Å². The first kappa shape index (κ1) is 25.5. The molecule has 0 aliphatic carbocycles. The predicted molar refractivity (Wildman–Crippen MR) is 144 cm³/mol. The first-order valence-corrected chi connectivity index (χ1v) is 11.8. The maximum absolute atomic E-state index is 13.4. The van der Waals surface area contributed by atoms with Crippen molar-refractivity contribution in [1.29, 1.82) is 0 Å². The number of anilines is 1. The van der Waals surface area contributed by atoms with Crippen LogP contribution in [0, 0.1) is 20.8 Å². The van der Waals surface area contributed by atoms with E-state index in [1.165, 1.54) is 0 Å². The van der Waals surface area contributed by atoms with Crippen LogP contribution in [0.2, 0.25) is 0 Å². The van der Waals surface area contributed by atoms with E-state index >= 15 is 0 Å². The van der Waals surface area contributed by atoms with Crippen LogP contribution in [0.4, 0.5) is 5.69 Å². The minimum atomic E-state index is -0.436. The van der Waals surface area contributed by atoms with Crippen molar-refractivity contribution in [1.82, 2.24) is 15.1 Å². The smallest absolute Gasteiger partial charge is 0.255 e. The van der Waals surface area contributed by atoms with Crippen LogP contribution >= 0.6 is 0 Å². The molecule has 0 unspecified atom stereocenters. The summed E-state index contributed by atoms with van der Waals surface area (Å²) in [5, 5.41) is 10.3. The van der Waals surface area contributed by atoms with Crippen molar-refractivity contribution in [2.24, 2.45) is 0 Å². The van der Waals surface area contributed by atoms with E-state index in [4.69, 9.17) is 14.6 Å². The maximum atomic E-state index is 13.4. The third kappa shape index (κ3) is 5.64. The quantitative estimate of drug-likeness (QED) is 0.362. The number of amides is 2. The molecule has 0 spiro atoms. The van der Waals surface area contributed by atoms with Gasteiger partial charge in [0.25, 0.3) is 5.91 Å². The molecule has 0 bridgehead atoms. The van der Waals surface area contributed by atoms with Gasteiger partial charge in [-0.2, -0.15) is 5.10 Å². The van der Waals surface area contributed by atoms with Crippen molar-refractivity contribution in [3.8, 4) is 28.4 Å². The molecule has 2 N–H and O–H groups in total. The average Bonchev–Trinajstić information content (AvgIpc) is 3.35. The zero-order valence-corrected chi connectivity index (χ0v) is 21.6. The number of nitrogens with one attached hydrogen (secondary N) is 2. The van der Waals surface area contributed by atoms with E-state index in [0.29, 0.717) is 28.3 Å². The Morgan fingerprint density at radius 3 is 2.27 bits per heavy atom. The lowest BCUT2D eigenvalue weighted by molar-refractivity contribution is -0.115. The molecular weight excluding hydrogens is 468 g/mol. The normalized spacial score (nSPS) is 10.6.